The van der Waals surface area contributed by atoms with Crippen LogP contribution in [0.5, 0.6) is 11.5 Å². The first-order valence-electron chi connectivity index (χ1n) is 11.2. The van der Waals surface area contributed by atoms with Crippen molar-refractivity contribution in [1.29, 1.82) is 0 Å². The van der Waals surface area contributed by atoms with E-state index in [1.54, 1.807) is 54.6 Å². The summed E-state index contributed by atoms with van der Waals surface area (Å²) in [5, 5.41) is 6.67. The van der Waals surface area contributed by atoms with Gasteiger partial charge in [-0.2, -0.15) is 5.10 Å². The number of nitrogens with zero attached hydrogens (tertiary/aromatic N) is 1. The first-order chi connectivity index (χ1) is 18.0. The van der Waals surface area contributed by atoms with Gasteiger partial charge >= 0.3 is 0 Å². The Morgan fingerprint density at radius 1 is 0.892 bits per heavy atom. The Morgan fingerprint density at radius 2 is 1.68 bits per heavy atom. The molecule has 0 bridgehead atoms. The molecule has 0 atom stereocenters. The second kappa shape index (κ2) is 11.0. The molecule has 0 fully saturated rings. The van der Waals surface area contributed by atoms with Gasteiger partial charge in [0.05, 0.1) is 6.21 Å². The molecule has 0 unspecified atom stereocenters. The lowest BCUT2D eigenvalue weighted by atomic mass is 10.1. The van der Waals surface area contributed by atoms with E-state index in [2.05, 4.69) is 31.8 Å². The van der Waals surface area contributed by atoms with Gasteiger partial charge in [0.2, 0.25) is 6.79 Å². The number of carbonyl (C=O) groups excluding carboxylic acids is 2. The van der Waals surface area contributed by atoms with Crippen LogP contribution in [0.2, 0.25) is 0 Å². The van der Waals surface area contributed by atoms with Crippen molar-refractivity contribution < 1.29 is 23.5 Å². The normalized spacial score (nSPS) is 12.5. The summed E-state index contributed by atoms with van der Waals surface area (Å²) in [5.74, 6) is 1.24. The lowest BCUT2D eigenvalue weighted by Gasteiger charge is -2.09. The number of amides is 2. The number of carbonyl (C=O) groups is 2. The molecule has 3 aromatic carbocycles. The van der Waals surface area contributed by atoms with Gasteiger partial charge in [-0.05, 0) is 60.2 Å². The highest BCUT2D eigenvalue weighted by atomic mass is 79.9. The van der Waals surface area contributed by atoms with Crippen molar-refractivity contribution in [3.63, 3.8) is 0 Å². The second-order valence-corrected chi connectivity index (χ2v) is 8.81. The molecule has 0 saturated carbocycles. The molecule has 37 heavy (non-hydrogen) atoms. The van der Waals surface area contributed by atoms with Gasteiger partial charge in [0.25, 0.3) is 11.8 Å². The maximum absolute atomic E-state index is 13.0. The lowest BCUT2D eigenvalue weighted by Crippen LogP contribution is -2.32. The molecule has 184 valence electrons. The fourth-order valence-electron chi connectivity index (χ4n) is 3.52. The Balaban J connectivity index is 1.33. The summed E-state index contributed by atoms with van der Waals surface area (Å²) < 4.78 is 17.5. The van der Waals surface area contributed by atoms with Crippen LogP contribution < -0.4 is 20.2 Å². The van der Waals surface area contributed by atoms with Gasteiger partial charge in [0.15, 0.2) is 11.5 Å². The quantitative estimate of drug-likeness (QED) is 0.181. The van der Waals surface area contributed by atoms with Gasteiger partial charge in [-0.15, -0.1) is 0 Å². The fourth-order valence-corrected chi connectivity index (χ4v) is 3.78. The Morgan fingerprint density at radius 3 is 2.49 bits per heavy atom. The smallest absolute Gasteiger partial charge is 0.287 e. The van der Waals surface area contributed by atoms with Gasteiger partial charge in [0.1, 0.15) is 17.2 Å². The molecular weight excluding hydrogens is 538 g/mol. The van der Waals surface area contributed by atoms with Crippen molar-refractivity contribution in [1.82, 2.24) is 10.7 Å². The molecule has 1 aliphatic rings. The third kappa shape index (κ3) is 5.96. The Labute approximate surface area is 220 Å². The van der Waals surface area contributed by atoms with Crippen molar-refractivity contribution in [2.45, 2.75) is 0 Å². The highest BCUT2D eigenvalue weighted by molar-refractivity contribution is 9.10. The molecule has 0 spiro atoms. The molecule has 1 aliphatic heterocycles. The number of furan rings is 1. The van der Waals surface area contributed by atoms with Gasteiger partial charge in [0, 0.05) is 15.6 Å². The van der Waals surface area contributed by atoms with E-state index in [4.69, 9.17) is 13.9 Å². The van der Waals surface area contributed by atoms with E-state index in [9.17, 15) is 9.59 Å². The van der Waals surface area contributed by atoms with Crippen LogP contribution in [0, 0.1) is 0 Å². The third-order valence-corrected chi connectivity index (χ3v) is 5.88. The maximum atomic E-state index is 13.0. The number of ether oxygens (including phenoxy) is 2. The van der Waals surface area contributed by atoms with Crippen LogP contribution in [0.15, 0.2) is 105 Å². The van der Waals surface area contributed by atoms with E-state index in [-0.39, 0.29) is 12.5 Å². The van der Waals surface area contributed by atoms with Crippen LogP contribution >= 0.6 is 15.9 Å². The highest BCUT2D eigenvalue weighted by Crippen LogP contribution is 2.33. The molecule has 2 N–H and O–H groups in total. The van der Waals surface area contributed by atoms with Gasteiger partial charge in [-0.3, -0.25) is 9.59 Å². The fraction of sp³-hybridized carbons (Fsp3) is 0.0357. The zero-order valence-electron chi connectivity index (χ0n) is 19.3. The van der Waals surface area contributed by atoms with Crippen molar-refractivity contribution in [3.05, 3.63) is 112 Å². The second-order valence-electron chi connectivity index (χ2n) is 7.90. The van der Waals surface area contributed by atoms with Crippen LogP contribution in [-0.4, -0.2) is 24.8 Å². The zero-order valence-corrected chi connectivity index (χ0v) is 20.9. The van der Waals surface area contributed by atoms with E-state index >= 15 is 0 Å². The number of hydrogen-bond acceptors (Lipinski definition) is 6. The number of halogens is 1. The number of nitrogens with one attached hydrogen (secondary N) is 2. The van der Waals surface area contributed by atoms with Gasteiger partial charge in [-0.1, -0.05) is 52.3 Å². The Hall–Kier alpha value is -4.63. The van der Waals surface area contributed by atoms with E-state index < -0.39 is 11.8 Å². The molecule has 9 heteroatoms. The molecule has 0 aliphatic carbocycles. The van der Waals surface area contributed by atoms with Crippen molar-refractivity contribution >= 4 is 40.0 Å². The van der Waals surface area contributed by atoms with E-state index in [1.807, 2.05) is 30.3 Å². The van der Waals surface area contributed by atoms with Gasteiger partial charge < -0.3 is 19.2 Å². The Bertz CT molecular complexity index is 1490. The number of fused-ring (bicyclic) bond motifs is 1. The summed E-state index contributed by atoms with van der Waals surface area (Å²) in [4.78, 5) is 25.8. The number of rotatable bonds is 7. The molecule has 0 radical (unpaired) electrons. The summed E-state index contributed by atoms with van der Waals surface area (Å²) in [6.45, 7) is 0.131. The summed E-state index contributed by atoms with van der Waals surface area (Å²) in [5.41, 5.74) is 4.39. The van der Waals surface area contributed by atoms with Crippen molar-refractivity contribution in [2.24, 2.45) is 5.10 Å². The first kappa shape index (κ1) is 24.1. The molecule has 2 heterocycles. The molecule has 2 amide bonds. The van der Waals surface area contributed by atoms with Crippen LogP contribution in [-0.2, 0) is 4.79 Å². The summed E-state index contributed by atoms with van der Waals surface area (Å²) in [7, 11) is 0. The SMILES string of the molecule is O=C(N/N=C/c1ccc(-c2ccc(Br)cc2)o1)/C(=C\c1ccc2c(c1)OCO2)NC(=O)c1ccccc1. The predicted octanol–water partition coefficient (Wildman–Crippen LogP) is 5.36. The average Bonchev–Trinajstić information content (AvgIpc) is 3.59. The van der Waals surface area contributed by atoms with Crippen LogP contribution in [0.1, 0.15) is 21.7 Å². The summed E-state index contributed by atoms with van der Waals surface area (Å²) in [6.07, 6.45) is 2.92. The van der Waals surface area contributed by atoms with Crippen molar-refractivity contribution in [3.8, 4) is 22.8 Å². The van der Waals surface area contributed by atoms with Crippen LogP contribution in [0.25, 0.3) is 17.4 Å². The highest BCUT2D eigenvalue weighted by Gasteiger charge is 2.17. The monoisotopic (exact) mass is 557 g/mol. The first-order valence-corrected chi connectivity index (χ1v) is 12.0. The topological polar surface area (TPSA) is 102 Å². The number of hydrazone groups is 1. The molecule has 1 aromatic heterocycles. The maximum Gasteiger partial charge on any atom is 0.287 e. The minimum atomic E-state index is -0.613. The van der Waals surface area contributed by atoms with E-state index in [0.29, 0.717) is 34.1 Å². The molecule has 4 aromatic rings. The minimum absolute atomic E-state index is 0.000125. The molecule has 8 nitrogen and oxygen atoms in total. The zero-order chi connectivity index (χ0) is 25.6. The molecule has 5 rings (SSSR count). The Kier molecular flexibility index (Phi) is 7.14. The molecule has 0 saturated heterocycles. The summed E-state index contributed by atoms with van der Waals surface area (Å²) in [6, 6.07) is 25.1. The molecular formula is C28H20BrN3O5. The predicted molar refractivity (Wildman–Crippen MR) is 142 cm³/mol. The van der Waals surface area contributed by atoms with E-state index in [0.717, 1.165) is 10.0 Å². The van der Waals surface area contributed by atoms with Crippen LogP contribution in [0.3, 0.4) is 0 Å². The summed E-state index contributed by atoms with van der Waals surface area (Å²) >= 11 is 3.41. The van der Waals surface area contributed by atoms with Crippen LogP contribution in [0.4, 0.5) is 0 Å². The largest absolute Gasteiger partial charge is 0.455 e. The van der Waals surface area contributed by atoms with E-state index in [1.165, 1.54) is 12.3 Å². The average molecular weight is 558 g/mol. The lowest BCUT2D eigenvalue weighted by molar-refractivity contribution is -0.117. The number of hydrogen-bond donors (Lipinski definition) is 2. The van der Waals surface area contributed by atoms with Crippen molar-refractivity contribution in [2.75, 3.05) is 6.79 Å². The minimum Gasteiger partial charge on any atom is -0.455 e. The van der Waals surface area contributed by atoms with Gasteiger partial charge in [-0.25, -0.2) is 5.43 Å². The third-order valence-electron chi connectivity index (χ3n) is 5.35. The number of benzene rings is 3. The standard InChI is InChI=1S/C28H20BrN3O5/c29-21-9-7-19(8-10-21)24-13-11-22(37-24)16-30-32-28(34)23(31-27(33)20-4-2-1-3-5-20)14-18-6-12-25-26(15-18)36-17-35-25/h1-16H,17H2,(H,31,33)(H,32,34)/b23-14+,30-16+.